The Morgan fingerprint density at radius 2 is 1.63 bits per heavy atom. The van der Waals surface area contributed by atoms with Crippen LogP contribution in [0.3, 0.4) is 0 Å². The van der Waals surface area contributed by atoms with E-state index in [2.05, 4.69) is 10.6 Å². The first kappa shape index (κ1) is 20.7. The lowest BCUT2D eigenvalue weighted by Crippen LogP contribution is -2.11. The van der Waals surface area contributed by atoms with Gasteiger partial charge in [0.05, 0.1) is 0 Å². The van der Waals surface area contributed by atoms with E-state index in [4.69, 9.17) is 0 Å². The van der Waals surface area contributed by atoms with E-state index < -0.39 is 12.8 Å². The maximum absolute atomic E-state index is 12.7. The standard InChI is InChI=1S/C21H26F2N2O2/c22-14-17(23)4-2-1-3-5-21(27)25-19-10-8-18(9-11-19)24-15-16-6-12-20(26)13-7-16/h6-13,17,24,26H,1-5,14-15H2,(H,25,27)/t17-/m1/s1. The number of phenols is 1. The van der Waals surface area contributed by atoms with Gasteiger partial charge in [0, 0.05) is 24.3 Å². The highest BCUT2D eigenvalue weighted by Crippen LogP contribution is 2.16. The van der Waals surface area contributed by atoms with Crippen molar-refractivity contribution >= 4 is 17.3 Å². The number of alkyl halides is 2. The number of hydrogen-bond donors (Lipinski definition) is 3. The number of hydrogen-bond acceptors (Lipinski definition) is 3. The Morgan fingerprint density at radius 3 is 2.30 bits per heavy atom. The van der Waals surface area contributed by atoms with Crippen LogP contribution in [0.4, 0.5) is 20.2 Å². The van der Waals surface area contributed by atoms with Crippen molar-refractivity contribution in [1.82, 2.24) is 0 Å². The van der Waals surface area contributed by atoms with Gasteiger partial charge in [0.2, 0.25) is 5.91 Å². The highest BCUT2D eigenvalue weighted by molar-refractivity contribution is 5.90. The molecule has 0 aromatic heterocycles. The average Bonchev–Trinajstić information content (AvgIpc) is 2.68. The van der Waals surface area contributed by atoms with Gasteiger partial charge in [-0.15, -0.1) is 0 Å². The predicted molar refractivity (Wildman–Crippen MR) is 104 cm³/mol. The van der Waals surface area contributed by atoms with Gasteiger partial charge in [-0.05, 0) is 54.8 Å². The molecular weight excluding hydrogens is 350 g/mol. The van der Waals surface area contributed by atoms with Gasteiger partial charge in [-0.1, -0.05) is 25.0 Å². The second-order valence-electron chi connectivity index (χ2n) is 6.50. The van der Waals surface area contributed by atoms with Crippen LogP contribution in [0, 0.1) is 0 Å². The summed E-state index contributed by atoms with van der Waals surface area (Å²) in [6.07, 6.45) is 1.19. The first-order valence-electron chi connectivity index (χ1n) is 9.18. The number of rotatable bonds is 11. The molecule has 2 rings (SSSR count). The SMILES string of the molecule is O=C(CCCCC[C@@H](F)CF)Nc1ccc(NCc2ccc(O)cc2)cc1. The summed E-state index contributed by atoms with van der Waals surface area (Å²) < 4.78 is 24.7. The van der Waals surface area contributed by atoms with E-state index in [0.717, 1.165) is 16.9 Å². The van der Waals surface area contributed by atoms with Crippen LogP contribution in [-0.2, 0) is 11.3 Å². The molecule has 0 heterocycles. The van der Waals surface area contributed by atoms with Gasteiger partial charge in [-0.2, -0.15) is 0 Å². The summed E-state index contributed by atoms with van der Waals surface area (Å²) in [5.74, 6) is 0.160. The van der Waals surface area contributed by atoms with Crippen molar-refractivity contribution in [3.8, 4) is 5.75 Å². The van der Waals surface area contributed by atoms with Crippen molar-refractivity contribution in [1.29, 1.82) is 0 Å². The third-order valence-corrected chi connectivity index (χ3v) is 4.19. The molecule has 2 aromatic carbocycles. The second kappa shape index (κ2) is 11.2. The fourth-order valence-corrected chi connectivity index (χ4v) is 2.62. The molecule has 1 atom stereocenters. The molecule has 6 heteroatoms. The topological polar surface area (TPSA) is 61.4 Å². The van der Waals surface area contributed by atoms with Gasteiger partial charge in [-0.25, -0.2) is 8.78 Å². The number of anilines is 2. The largest absolute Gasteiger partial charge is 0.508 e. The lowest BCUT2D eigenvalue weighted by atomic mass is 10.1. The van der Waals surface area contributed by atoms with Crippen molar-refractivity contribution in [2.75, 3.05) is 17.3 Å². The maximum Gasteiger partial charge on any atom is 0.224 e. The molecule has 4 nitrogen and oxygen atoms in total. The Bertz CT molecular complexity index is 690. The summed E-state index contributed by atoms with van der Waals surface area (Å²) in [7, 11) is 0. The number of amides is 1. The minimum absolute atomic E-state index is 0.0814. The Labute approximate surface area is 158 Å². The Balaban J connectivity index is 1.67. The van der Waals surface area contributed by atoms with Crippen molar-refractivity contribution in [3.05, 3.63) is 54.1 Å². The van der Waals surface area contributed by atoms with Gasteiger partial charge in [0.1, 0.15) is 18.6 Å². The number of carbonyl (C=O) groups is 1. The smallest absolute Gasteiger partial charge is 0.224 e. The van der Waals surface area contributed by atoms with Crippen LogP contribution >= 0.6 is 0 Å². The summed E-state index contributed by atoms with van der Waals surface area (Å²) in [5, 5.41) is 15.4. The molecule has 3 N–H and O–H groups in total. The van der Waals surface area contributed by atoms with Gasteiger partial charge >= 0.3 is 0 Å². The minimum atomic E-state index is -1.38. The predicted octanol–water partition coefficient (Wildman–Crippen LogP) is 5.20. The number of benzene rings is 2. The molecule has 0 aliphatic heterocycles. The molecule has 0 fully saturated rings. The lowest BCUT2D eigenvalue weighted by molar-refractivity contribution is -0.116. The van der Waals surface area contributed by atoms with Crippen molar-refractivity contribution in [2.45, 2.75) is 44.8 Å². The molecular formula is C21H26F2N2O2. The van der Waals surface area contributed by atoms with E-state index in [0.29, 0.717) is 32.2 Å². The first-order chi connectivity index (χ1) is 13.1. The third-order valence-electron chi connectivity index (χ3n) is 4.19. The van der Waals surface area contributed by atoms with Gasteiger partial charge < -0.3 is 15.7 Å². The molecule has 0 unspecified atom stereocenters. The first-order valence-corrected chi connectivity index (χ1v) is 9.18. The van der Waals surface area contributed by atoms with E-state index in [1.807, 2.05) is 36.4 Å². The number of halogens is 2. The highest BCUT2D eigenvalue weighted by Gasteiger charge is 2.06. The molecule has 0 bridgehead atoms. The average molecular weight is 376 g/mol. The summed E-state index contributed by atoms with van der Waals surface area (Å²) in [6, 6.07) is 14.4. The van der Waals surface area contributed by atoms with Gasteiger partial charge in [-0.3, -0.25) is 4.79 Å². The van der Waals surface area contributed by atoms with Crippen LogP contribution in [0.1, 0.15) is 37.7 Å². The van der Waals surface area contributed by atoms with Crippen LogP contribution in [0.5, 0.6) is 5.75 Å². The summed E-state index contributed by atoms with van der Waals surface area (Å²) in [5.41, 5.74) is 2.70. The number of aromatic hydroxyl groups is 1. The number of nitrogens with one attached hydrogen (secondary N) is 2. The number of carbonyl (C=O) groups excluding carboxylic acids is 1. The van der Waals surface area contributed by atoms with Crippen LogP contribution in [0.2, 0.25) is 0 Å². The van der Waals surface area contributed by atoms with E-state index in [-0.39, 0.29) is 18.1 Å². The van der Waals surface area contributed by atoms with E-state index in [1.165, 1.54) is 0 Å². The minimum Gasteiger partial charge on any atom is -0.508 e. The summed E-state index contributed by atoms with van der Waals surface area (Å²) in [4.78, 5) is 11.9. The fraction of sp³-hybridized carbons (Fsp3) is 0.381. The van der Waals surface area contributed by atoms with Crippen LogP contribution in [0.25, 0.3) is 0 Å². The zero-order valence-electron chi connectivity index (χ0n) is 15.3. The Hall–Kier alpha value is -2.63. The molecule has 146 valence electrons. The number of unbranched alkanes of at least 4 members (excludes halogenated alkanes) is 2. The van der Waals surface area contributed by atoms with E-state index in [9.17, 15) is 18.7 Å². The Morgan fingerprint density at radius 1 is 0.963 bits per heavy atom. The van der Waals surface area contributed by atoms with Crippen molar-refractivity contribution < 1.29 is 18.7 Å². The molecule has 2 aromatic rings. The quantitative estimate of drug-likeness (QED) is 0.472. The molecule has 27 heavy (non-hydrogen) atoms. The normalized spacial score (nSPS) is 11.8. The molecule has 0 saturated carbocycles. The molecule has 1 amide bonds. The summed E-state index contributed by atoms with van der Waals surface area (Å²) >= 11 is 0. The Kier molecular flexibility index (Phi) is 8.55. The monoisotopic (exact) mass is 376 g/mol. The second-order valence-corrected chi connectivity index (χ2v) is 6.50. The third kappa shape index (κ3) is 8.07. The van der Waals surface area contributed by atoms with E-state index >= 15 is 0 Å². The van der Waals surface area contributed by atoms with E-state index in [1.54, 1.807) is 12.1 Å². The zero-order valence-corrected chi connectivity index (χ0v) is 15.3. The molecule has 0 saturated heterocycles. The molecule has 0 spiro atoms. The van der Waals surface area contributed by atoms with Crippen molar-refractivity contribution in [3.63, 3.8) is 0 Å². The highest BCUT2D eigenvalue weighted by atomic mass is 19.2. The summed E-state index contributed by atoms with van der Waals surface area (Å²) in [6.45, 7) is -0.297. The van der Waals surface area contributed by atoms with Gasteiger partial charge in [0.15, 0.2) is 0 Å². The fourth-order valence-electron chi connectivity index (χ4n) is 2.62. The zero-order chi connectivity index (χ0) is 19.5. The van der Waals surface area contributed by atoms with Crippen molar-refractivity contribution in [2.24, 2.45) is 0 Å². The molecule has 0 radical (unpaired) electrons. The molecule has 0 aliphatic rings. The van der Waals surface area contributed by atoms with Gasteiger partial charge in [0.25, 0.3) is 0 Å². The number of phenolic OH excluding ortho intramolecular Hbond substituents is 1. The van der Waals surface area contributed by atoms with Crippen LogP contribution < -0.4 is 10.6 Å². The van der Waals surface area contributed by atoms with Crippen LogP contribution in [-0.4, -0.2) is 23.9 Å². The van der Waals surface area contributed by atoms with Crippen LogP contribution in [0.15, 0.2) is 48.5 Å². The lowest BCUT2D eigenvalue weighted by Gasteiger charge is -2.09. The molecule has 0 aliphatic carbocycles. The maximum atomic E-state index is 12.7.